The van der Waals surface area contributed by atoms with Gasteiger partial charge in [0, 0.05) is 25.2 Å². The zero-order valence-corrected chi connectivity index (χ0v) is 12.1. The number of aliphatic hydroxyl groups is 1. The first-order valence-electron chi connectivity index (χ1n) is 7.37. The van der Waals surface area contributed by atoms with Crippen molar-refractivity contribution in [2.45, 2.75) is 57.7 Å². The van der Waals surface area contributed by atoms with E-state index in [4.69, 9.17) is 0 Å². The van der Waals surface area contributed by atoms with Gasteiger partial charge in [-0.2, -0.15) is 0 Å². The van der Waals surface area contributed by atoms with Crippen molar-refractivity contribution in [1.29, 1.82) is 0 Å². The van der Waals surface area contributed by atoms with Crippen LogP contribution in [0, 0.1) is 0 Å². The minimum Gasteiger partial charge on any atom is -0.393 e. The van der Waals surface area contributed by atoms with Crippen LogP contribution in [0.4, 0.5) is 0 Å². The SMILES string of the molecule is C=C(C)CN(CC)C(=O)CN1C2CCC1CC(O)C2. The summed E-state index contributed by atoms with van der Waals surface area (Å²) in [6.45, 7) is 9.74. The summed E-state index contributed by atoms with van der Waals surface area (Å²) in [5, 5.41) is 9.78. The van der Waals surface area contributed by atoms with E-state index in [0.29, 0.717) is 25.2 Å². The number of amides is 1. The van der Waals surface area contributed by atoms with E-state index in [-0.39, 0.29) is 12.0 Å². The summed E-state index contributed by atoms with van der Waals surface area (Å²) in [5.74, 6) is 0.193. The molecule has 2 rings (SSSR count). The average molecular weight is 266 g/mol. The number of carbonyl (C=O) groups excluding carboxylic acids is 1. The zero-order chi connectivity index (χ0) is 14.0. The minimum atomic E-state index is -0.165. The molecule has 0 aromatic heterocycles. The number of rotatable bonds is 5. The molecule has 4 heteroatoms. The maximum atomic E-state index is 12.4. The summed E-state index contributed by atoms with van der Waals surface area (Å²) in [5.41, 5.74) is 1.02. The number of carbonyl (C=O) groups is 1. The van der Waals surface area contributed by atoms with Crippen LogP contribution in [0.5, 0.6) is 0 Å². The fourth-order valence-electron chi connectivity index (χ4n) is 3.46. The third-order valence-corrected chi connectivity index (χ3v) is 4.37. The van der Waals surface area contributed by atoms with E-state index >= 15 is 0 Å². The molecule has 108 valence electrons. The fourth-order valence-corrected chi connectivity index (χ4v) is 3.46. The van der Waals surface area contributed by atoms with Gasteiger partial charge in [0.05, 0.1) is 12.6 Å². The van der Waals surface area contributed by atoms with E-state index in [2.05, 4.69) is 11.5 Å². The number of hydrogen-bond donors (Lipinski definition) is 1. The maximum absolute atomic E-state index is 12.4. The van der Waals surface area contributed by atoms with Gasteiger partial charge in [0.1, 0.15) is 0 Å². The normalized spacial score (nSPS) is 30.4. The van der Waals surface area contributed by atoms with E-state index in [1.807, 2.05) is 18.7 Å². The molecule has 0 radical (unpaired) electrons. The molecule has 2 unspecified atom stereocenters. The van der Waals surface area contributed by atoms with Gasteiger partial charge in [-0.3, -0.25) is 9.69 Å². The summed E-state index contributed by atoms with van der Waals surface area (Å²) >= 11 is 0. The van der Waals surface area contributed by atoms with Crippen molar-refractivity contribution < 1.29 is 9.90 Å². The Morgan fingerprint density at radius 3 is 2.42 bits per heavy atom. The van der Waals surface area contributed by atoms with Gasteiger partial charge in [0.25, 0.3) is 0 Å². The summed E-state index contributed by atoms with van der Waals surface area (Å²) in [6, 6.07) is 0.808. The fraction of sp³-hybridized carbons (Fsp3) is 0.800. The number of fused-ring (bicyclic) bond motifs is 2. The average Bonchev–Trinajstić information content (AvgIpc) is 2.59. The van der Waals surface area contributed by atoms with Gasteiger partial charge >= 0.3 is 0 Å². The monoisotopic (exact) mass is 266 g/mol. The molecule has 2 bridgehead atoms. The smallest absolute Gasteiger partial charge is 0.237 e. The lowest BCUT2D eigenvalue weighted by atomic mass is 10.00. The van der Waals surface area contributed by atoms with Crippen molar-refractivity contribution in [1.82, 2.24) is 9.80 Å². The third-order valence-electron chi connectivity index (χ3n) is 4.37. The molecule has 4 nitrogen and oxygen atoms in total. The van der Waals surface area contributed by atoms with E-state index in [1.54, 1.807) is 0 Å². The number of hydrogen-bond acceptors (Lipinski definition) is 3. The van der Waals surface area contributed by atoms with Crippen LogP contribution >= 0.6 is 0 Å². The molecule has 2 aliphatic rings. The largest absolute Gasteiger partial charge is 0.393 e. The summed E-state index contributed by atoms with van der Waals surface area (Å²) in [7, 11) is 0. The van der Waals surface area contributed by atoms with Gasteiger partial charge in [-0.25, -0.2) is 0 Å². The predicted octanol–water partition coefficient (Wildman–Crippen LogP) is 1.40. The Morgan fingerprint density at radius 2 is 1.95 bits per heavy atom. The number of nitrogens with zero attached hydrogens (tertiary/aromatic N) is 2. The molecule has 2 fully saturated rings. The summed E-state index contributed by atoms with van der Waals surface area (Å²) < 4.78 is 0. The highest BCUT2D eigenvalue weighted by Crippen LogP contribution is 2.35. The Bertz CT molecular complexity index is 342. The highest BCUT2D eigenvalue weighted by atomic mass is 16.3. The minimum absolute atomic E-state index is 0.165. The van der Waals surface area contributed by atoms with Gasteiger partial charge < -0.3 is 10.0 Å². The van der Waals surface area contributed by atoms with Crippen LogP contribution in [-0.4, -0.2) is 58.6 Å². The summed E-state index contributed by atoms with van der Waals surface area (Å²) in [6.07, 6.45) is 3.75. The zero-order valence-electron chi connectivity index (χ0n) is 12.1. The van der Waals surface area contributed by atoms with Gasteiger partial charge in [0.15, 0.2) is 0 Å². The molecule has 0 spiro atoms. The maximum Gasteiger partial charge on any atom is 0.237 e. The molecule has 0 aromatic rings. The number of likely N-dealkylation sites (N-methyl/N-ethyl adjacent to an activating group) is 1. The molecule has 1 amide bonds. The topological polar surface area (TPSA) is 43.8 Å². The number of aliphatic hydroxyl groups excluding tert-OH is 1. The first-order valence-corrected chi connectivity index (χ1v) is 7.37. The molecule has 2 atom stereocenters. The molecule has 2 heterocycles. The third kappa shape index (κ3) is 3.37. The number of piperidine rings is 1. The Labute approximate surface area is 116 Å². The predicted molar refractivity (Wildman–Crippen MR) is 75.8 cm³/mol. The Kier molecular flexibility index (Phi) is 4.63. The summed E-state index contributed by atoms with van der Waals surface area (Å²) in [4.78, 5) is 16.5. The van der Waals surface area contributed by atoms with Gasteiger partial charge in [-0.05, 0) is 39.5 Å². The van der Waals surface area contributed by atoms with Crippen LogP contribution in [0.1, 0.15) is 39.5 Å². The van der Waals surface area contributed by atoms with Crippen LogP contribution < -0.4 is 0 Å². The van der Waals surface area contributed by atoms with Crippen molar-refractivity contribution in [2.75, 3.05) is 19.6 Å². The first kappa shape index (κ1) is 14.5. The molecular formula is C15H26N2O2. The molecular weight excluding hydrogens is 240 g/mol. The molecule has 19 heavy (non-hydrogen) atoms. The highest BCUT2D eigenvalue weighted by molar-refractivity contribution is 5.78. The lowest BCUT2D eigenvalue weighted by molar-refractivity contribution is -0.133. The van der Waals surface area contributed by atoms with Crippen LogP contribution in [0.25, 0.3) is 0 Å². The van der Waals surface area contributed by atoms with Crippen molar-refractivity contribution in [3.05, 3.63) is 12.2 Å². The van der Waals surface area contributed by atoms with Crippen LogP contribution in [0.2, 0.25) is 0 Å². The molecule has 0 aliphatic carbocycles. The molecule has 1 N–H and O–H groups in total. The molecule has 0 saturated carbocycles. The quantitative estimate of drug-likeness (QED) is 0.765. The van der Waals surface area contributed by atoms with Crippen molar-refractivity contribution in [3.8, 4) is 0 Å². The van der Waals surface area contributed by atoms with E-state index < -0.39 is 0 Å². The Hall–Kier alpha value is -0.870. The second-order valence-electron chi connectivity index (χ2n) is 6.05. The molecule has 0 aromatic carbocycles. The van der Waals surface area contributed by atoms with Gasteiger partial charge in [-0.15, -0.1) is 0 Å². The standard InChI is InChI=1S/C15H26N2O2/c1-4-16(9-11(2)3)15(19)10-17-12-5-6-13(17)8-14(18)7-12/h12-14,18H,2,4-10H2,1,3H3. The van der Waals surface area contributed by atoms with Gasteiger partial charge in [0.2, 0.25) is 5.91 Å². The van der Waals surface area contributed by atoms with Crippen LogP contribution in [-0.2, 0) is 4.79 Å². The first-order chi connectivity index (χ1) is 9.01. The lowest BCUT2D eigenvalue weighted by Gasteiger charge is -2.37. The molecule has 2 saturated heterocycles. The van der Waals surface area contributed by atoms with Crippen LogP contribution in [0.15, 0.2) is 12.2 Å². The van der Waals surface area contributed by atoms with E-state index in [1.165, 1.54) is 0 Å². The van der Waals surface area contributed by atoms with Gasteiger partial charge in [-0.1, -0.05) is 12.2 Å². The van der Waals surface area contributed by atoms with E-state index in [0.717, 1.165) is 37.8 Å². The highest BCUT2D eigenvalue weighted by Gasteiger charge is 2.41. The van der Waals surface area contributed by atoms with Crippen molar-refractivity contribution >= 4 is 5.91 Å². The second kappa shape index (κ2) is 6.06. The second-order valence-corrected chi connectivity index (χ2v) is 6.05. The van der Waals surface area contributed by atoms with Crippen LogP contribution in [0.3, 0.4) is 0 Å². The van der Waals surface area contributed by atoms with Crippen molar-refractivity contribution in [2.24, 2.45) is 0 Å². The Morgan fingerprint density at radius 1 is 1.37 bits per heavy atom. The van der Waals surface area contributed by atoms with Crippen molar-refractivity contribution in [3.63, 3.8) is 0 Å². The van der Waals surface area contributed by atoms with E-state index in [9.17, 15) is 9.90 Å². The lowest BCUT2D eigenvalue weighted by Crippen LogP contribution is -2.50. The molecule has 2 aliphatic heterocycles. The Balaban J connectivity index is 1.93.